The lowest BCUT2D eigenvalue weighted by atomic mass is 9.93. The number of hydrogen-bond acceptors (Lipinski definition) is 5. The van der Waals surface area contributed by atoms with Gasteiger partial charge in [0, 0.05) is 54.8 Å². The van der Waals surface area contributed by atoms with Gasteiger partial charge in [-0.2, -0.15) is 0 Å². The fourth-order valence-corrected chi connectivity index (χ4v) is 4.58. The van der Waals surface area contributed by atoms with Gasteiger partial charge in [0.25, 0.3) is 5.91 Å². The lowest BCUT2D eigenvalue weighted by Crippen LogP contribution is -2.39. The quantitative estimate of drug-likeness (QED) is 0.372. The van der Waals surface area contributed by atoms with Crippen LogP contribution in [0.2, 0.25) is 0 Å². The minimum absolute atomic E-state index is 0.00467. The molecule has 6 nitrogen and oxygen atoms in total. The van der Waals surface area contributed by atoms with Gasteiger partial charge in [0.05, 0.1) is 0 Å². The summed E-state index contributed by atoms with van der Waals surface area (Å²) in [5.41, 5.74) is 5.24. The zero-order valence-corrected chi connectivity index (χ0v) is 19.8. The van der Waals surface area contributed by atoms with Crippen molar-refractivity contribution in [2.45, 2.75) is 32.1 Å². The van der Waals surface area contributed by atoms with Crippen LogP contribution in [0, 0.1) is 6.92 Å². The maximum absolute atomic E-state index is 13.3. The second-order valence-electron chi connectivity index (χ2n) is 8.97. The van der Waals surface area contributed by atoms with Crippen LogP contribution in [0.5, 0.6) is 11.8 Å². The van der Waals surface area contributed by atoms with Crippen LogP contribution in [0.1, 0.15) is 51.6 Å². The Morgan fingerprint density at radius 3 is 2.69 bits per heavy atom. The Hall–Kier alpha value is -4.06. The van der Waals surface area contributed by atoms with E-state index in [9.17, 15) is 4.79 Å². The zero-order valence-electron chi connectivity index (χ0n) is 19.8. The number of likely N-dealkylation sites (tertiary alicyclic amines) is 1. The summed E-state index contributed by atoms with van der Waals surface area (Å²) in [6.07, 6.45) is 6.03. The van der Waals surface area contributed by atoms with E-state index < -0.39 is 0 Å². The number of nitrogens with zero attached hydrogens (tertiary/aromatic N) is 4. The average molecular weight is 465 g/mol. The van der Waals surface area contributed by atoms with Crippen molar-refractivity contribution >= 4 is 5.91 Å². The molecular formula is C29H28N4O2. The molecule has 1 aliphatic rings. The minimum Gasteiger partial charge on any atom is -0.424 e. The van der Waals surface area contributed by atoms with Crippen LogP contribution in [0.15, 0.2) is 85.2 Å². The third kappa shape index (κ3) is 5.72. The monoisotopic (exact) mass is 464 g/mol. The molecule has 1 saturated heterocycles. The summed E-state index contributed by atoms with van der Waals surface area (Å²) >= 11 is 0. The van der Waals surface area contributed by atoms with E-state index in [0.717, 1.165) is 37.2 Å². The van der Waals surface area contributed by atoms with E-state index in [1.807, 2.05) is 17.0 Å². The summed E-state index contributed by atoms with van der Waals surface area (Å²) in [6.45, 7) is 3.51. The number of carbonyl (C=O) groups is 1. The molecule has 6 heteroatoms. The number of benzene rings is 2. The first-order valence-electron chi connectivity index (χ1n) is 12.0. The summed E-state index contributed by atoms with van der Waals surface area (Å²) in [7, 11) is 0. The molecule has 3 heterocycles. The van der Waals surface area contributed by atoms with Gasteiger partial charge >= 0.3 is 6.01 Å². The first-order valence-corrected chi connectivity index (χ1v) is 12.0. The van der Waals surface area contributed by atoms with Crippen LogP contribution in [0.25, 0.3) is 0 Å². The topological polar surface area (TPSA) is 68.2 Å². The molecule has 1 atom stereocenters. The van der Waals surface area contributed by atoms with E-state index in [1.165, 1.54) is 11.1 Å². The second kappa shape index (κ2) is 10.5. The second-order valence-corrected chi connectivity index (χ2v) is 8.97. The van der Waals surface area contributed by atoms with Gasteiger partial charge in [0.1, 0.15) is 5.75 Å². The van der Waals surface area contributed by atoms with Crippen molar-refractivity contribution in [3.63, 3.8) is 0 Å². The Labute approximate surface area is 205 Å². The number of aryl methyl sites for hydroxylation is 1. The van der Waals surface area contributed by atoms with E-state index >= 15 is 0 Å². The number of ether oxygens (including phenoxy) is 1. The van der Waals surface area contributed by atoms with Crippen molar-refractivity contribution < 1.29 is 9.53 Å². The Kier molecular flexibility index (Phi) is 6.80. The van der Waals surface area contributed by atoms with E-state index in [1.54, 1.807) is 30.6 Å². The molecule has 2 aromatic heterocycles. The summed E-state index contributed by atoms with van der Waals surface area (Å²) < 4.78 is 5.71. The molecular weight excluding hydrogens is 436 g/mol. The van der Waals surface area contributed by atoms with Crippen LogP contribution >= 0.6 is 0 Å². The molecule has 176 valence electrons. The number of rotatable bonds is 6. The number of amides is 1. The highest BCUT2D eigenvalue weighted by molar-refractivity contribution is 5.94. The number of hydrogen-bond donors (Lipinski definition) is 0. The predicted octanol–water partition coefficient (Wildman–Crippen LogP) is 5.58. The standard InChI is InChI=1S/C29H28N4O2/c1-21-7-2-8-22(17-21)18-25-11-4-13-27(32-25)24-10-5-16-33(20-24)28(34)23-9-3-12-26(19-23)35-29-30-14-6-15-31-29/h2-4,6-9,11-15,17,19,24H,5,10,16,18,20H2,1H3. The third-order valence-electron chi connectivity index (χ3n) is 6.26. The molecule has 35 heavy (non-hydrogen) atoms. The van der Waals surface area contributed by atoms with E-state index in [-0.39, 0.29) is 17.8 Å². The molecule has 2 aromatic carbocycles. The molecule has 0 spiro atoms. The number of pyridine rings is 1. The Morgan fingerprint density at radius 1 is 1.00 bits per heavy atom. The van der Waals surface area contributed by atoms with Gasteiger partial charge in [0.2, 0.25) is 0 Å². The van der Waals surface area contributed by atoms with Crippen LogP contribution in [0.4, 0.5) is 0 Å². The van der Waals surface area contributed by atoms with Crippen LogP contribution in [-0.4, -0.2) is 38.8 Å². The van der Waals surface area contributed by atoms with Crippen molar-refractivity contribution in [2.75, 3.05) is 13.1 Å². The van der Waals surface area contributed by atoms with Gasteiger partial charge in [-0.3, -0.25) is 9.78 Å². The molecule has 0 saturated carbocycles. The molecule has 1 aliphatic heterocycles. The Morgan fingerprint density at radius 2 is 1.83 bits per heavy atom. The van der Waals surface area contributed by atoms with Gasteiger partial charge in [0.15, 0.2) is 0 Å². The van der Waals surface area contributed by atoms with Crippen LogP contribution < -0.4 is 4.74 Å². The lowest BCUT2D eigenvalue weighted by Gasteiger charge is -2.32. The smallest absolute Gasteiger partial charge is 0.321 e. The average Bonchev–Trinajstić information content (AvgIpc) is 2.89. The van der Waals surface area contributed by atoms with Gasteiger partial charge in [-0.15, -0.1) is 0 Å². The summed E-state index contributed by atoms with van der Waals surface area (Å²) in [5.74, 6) is 0.772. The van der Waals surface area contributed by atoms with Crippen molar-refractivity contribution in [1.82, 2.24) is 19.9 Å². The third-order valence-corrected chi connectivity index (χ3v) is 6.26. The molecule has 1 amide bonds. The van der Waals surface area contributed by atoms with E-state index in [4.69, 9.17) is 9.72 Å². The highest BCUT2D eigenvalue weighted by Gasteiger charge is 2.26. The van der Waals surface area contributed by atoms with E-state index in [0.29, 0.717) is 17.9 Å². The van der Waals surface area contributed by atoms with Crippen molar-refractivity contribution in [3.8, 4) is 11.8 Å². The normalized spacial score (nSPS) is 15.6. The van der Waals surface area contributed by atoms with Crippen LogP contribution in [0.3, 0.4) is 0 Å². The summed E-state index contributed by atoms with van der Waals surface area (Å²) in [6, 6.07) is 24.0. The van der Waals surface area contributed by atoms with Gasteiger partial charge in [-0.05, 0) is 61.7 Å². The van der Waals surface area contributed by atoms with Gasteiger partial charge in [-0.1, -0.05) is 42.0 Å². The maximum Gasteiger partial charge on any atom is 0.321 e. The maximum atomic E-state index is 13.3. The highest BCUT2D eigenvalue weighted by Crippen LogP contribution is 2.28. The number of piperidine rings is 1. The molecule has 1 unspecified atom stereocenters. The molecule has 0 N–H and O–H groups in total. The first kappa shape index (κ1) is 22.7. The minimum atomic E-state index is 0.00467. The van der Waals surface area contributed by atoms with Crippen molar-refractivity contribution in [1.29, 1.82) is 0 Å². The molecule has 1 fully saturated rings. The zero-order chi connectivity index (χ0) is 24.0. The predicted molar refractivity (Wildman–Crippen MR) is 135 cm³/mol. The molecule has 0 aliphatic carbocycles. The Balaban J connectivity index is 1.28. The fraction of sp³-hybridized carbons (Fsp3) is 0.241. The van der Waals surface area contributed by atoms with Crippen molar-refractivity contribution in [2.24, 2.45) is 0 Å². The first-order chi connectivity index (χ1) is 17.1. The Bertz CT molecular complexity index is 1310. The molecule has 0 radical (unpaired) electrons. The summed E-state index contributed by atoms with van der Waals surface area (Å²) in [4.78, 5) is 28.4. The SMILES string of the molecule is Cc1cccc(Cc2cccc(C3CCCN(C(=O)c4cccc(Oc5ncccn5)c4)C3)n2)c1. The van der Waals surface area contributed by atoms with E-state index in [2.05, 4.69) is 59.4 Å². The molecule has 4 aromatic rings. The van der Waals surface area contributed by atoms with Crippen molar-refractivity contribution in [3.05, 3.63) is 113 Å². The van der Waals surface area contributed by atoms with Gasteiger partial charge < -0.3 is 9.64 Å². The highest BCUT2D eigenvalue weighted by atomic mass is 16.5. The number of carbonyl (C=O) groups excluding carboxylic acids is 1. The molecule has 5 rings (SSSR count). The summed E-state index contributed by atoms with van der Waals surface area (Å²) in [5, 5.41) is 0. The molecule has 0 bridgehead atoms. The largest absolute Gasteiger partial charge is 0.424 e. The van der Waals surface area contributed by atoms with Crippen LogP contribution in [-0.2, 0) is 6.42 Å². The lowest BCUT2D eigenvalue weighted by molar-refractivity contribution is 0.0705. The van der Waals surface area contributed by atoms with Gasteiger partial charge in [-0.25, -0.2) is 9.97 Å². The number of aromatic nitrogens is 3. The fourth-order valence-electron chi connectivity index (χ4n) is 4.58.